The van der Waals surface area contributed by atoms with Gasteiger partial charge in [0.2, 0.25) is 0 Å². The molecule has 0 radical (unpaired) electrons. The Bertz CT molecular complexity index is 2050. The van der Waals surface area contributed by atoms with E-state index in [2.05, 4.69) is 56.9 Å². The Morgan fingerprint density at radius 3 is 1.85 bits per heavy atom. The quantitative estimate of drug-likeness (QED) is 0.0534. The van der Waals surface area contributed by atoms with E-state index in [9.17, 15) is 4.39 Å². The lowest BCUT2D eigenvalue weighted by atomic mass is 9.82. The predicted octanol–water partition coefficient (Wildman–Crippen LogP) is 8.88. The topological polar surface area (TPSA) is 131 Å². The monoisotopic (exact) mass is 1020 g/mol. The van der Waals surface area contributed by atoms with Crippen LogP contribution in [0.1, 0.15) is 53.4 Å². The minimum atomic E-state index is -0.559. The molecule has 1 unspecified atom stereocenters. The first kappa shape index (κ1) is 52.4. The average molecular weight is 1020 g/mol. The van der Waals surface area contributed by atoms with E-state index in [1.165, 1.54) is 12.1 Å². The first-order chi connectivity index (χ1) is 29.0. The van der Waals surface area contributed by atoms with Crippen LogP contribution in [0.25, 0.3) is 11.1 Å². The molecule has 5 aromatic rings. The molecule has 5 heterocycles. The molecule has 0 N–H and O–H groups in total. The zero-order valence-corrected chi connectivity index (χ0v) is 41.1. The van der Waals surface area contributed by atoms with Gasteiger partial charge >= 0.3 is 7.12 Å². The number of alkyl halides is 1. The van der Waals surface area contributed by atoms with Gasteiger partial charge in [-0.05, 0) is 75.7 Å². The number of aromatic nitrogens is 7. The molecule has 0 bridgehead atoms. The van der Waals surface area contributed by atoms with Crippen LogP contribution >= 0.6 is 55.1 Å². The summed E-state index contributed by atoms with van der Waals surface area (Å²) < 4.78 is 57.9. The summed E-state index contributed by atoms with van der Waals surface area (Å²) in [6.07, 6.45) is 12.3. The number of rotatable bonds is 16. The smallest absolute Gasteiger partial charge is 0.484 e. The van der Waals surface area contributed by atoms with E-state index < -0.39 is 11.9 Å². The van der Waals surface area contributed by atoms with E-state index in [1.807, 2.05) is 68.6 Å². The molecule has 0 spiro atoms. The molecule has 20 heteroatoms. The molecule has 14 nitrogen and oxygen atoms in total. The number of ether oxygens (including phenoxy) is 5. The number of hydrogen-bond donors (Lipinski definition) is 0. The predicted molar refractivity (Wildman–Crippen MR) is 247 cm³/mol. The summed E-state index contributed by atoms with van der Waals surface area (Å²) in [6.45, 7) is 16.7. The zero-order valence-electron chi connectivity index (χ0n) is 36.5. The molecule has 338 valence electrons. The Balaban J connectivity index is 0.000000331. The van der Waals surface area contributed by atoms with Gasteiger partial charge in [-0.3, -0.25) is 19.0 Å². The fraction of sp³-hybridized carbons (Fsp3) is 0.512. The summed E-state index contributed by atoms with van der Waals surface area (Å²) in [5, 5.41) is 13.9. The molecule has 0 amide bonds. The maximum Gasteiger partial charge on any atom is 0.498 e. The molecule has 4 aromatic heterocycles. The third kappa shape index (κ3) is 16.3. The summed E-state index contributed by atoms with van der Waals surface area (Å²) in [6, 6.07) is 4.57. The van der Waals surface area contributed by atoms with Crippen LogP contribution in [0.4, 0.5) is 4.39 Å². The molecular formula is C41H59BBr2Cl2FN7O7. The highest BCUT2D eigenvalue weighted by molar-refractivity contribution is 9.10. The molecule has 0 aliphatic carbocycles. The number of nitrogens with zero attached hydrogens (tertiary/aromatic N) is 7. The van der Waals surface area contributed by atoms with Gasteiger partial charge in [0.05, 0.1) is 84.8 Å². The summed E-state index contributed by atoms with van der Waals surface area (Å²) in [5.41, 5.74) is 3.19. The van der Waals surface area contributed by atoms with Gasteiger partial charge in [-0.15, -0.1) is 0 Å². The van der Waals surface area contributed by atoms with Gasteiger partial charge in [0, 0.05) is 93.4 Å². The lowest BCUT2D eigenvalue weighted by molar-refractivity contribution is 0.00578. The lowest BCUT2D eigenvalue weighted by Crippen LogP contribution is -2.41. The molecule has 1 saturated heterocycles. The van der Waals surface area contributed by atoms with E-state index in [4.69, 9.17) is 51.5 Å². The van der Waals surface area contributed by atoms with Crippen molar-refractivity contribution in [3.63, 3.8) is 0 Å². The van der Waals surface area contributed by atoms with Crippen molar-refractivity contribution in [3.8, 4) is 16.9 Å². The van der Waals surface area contributed by atoms with Crippen LogP contribution in [0.2, 0.25) is 10.0 Å². The van der Waals surface area contributed by atoms with Crippen molar-refractivity contribution in [3.05, 3.63) is 93.2 Å². The molecule has 1 fully saturated rings. The van der Waals surface area contributed by atoms with Crippen molar-refractivity contribution in [2.75, 3.05) is 60.2 Å². The fourth-order valence-corrected chi connectivity index (χ4v) is 6.61. The number of pyridine rings is 1. The highest BCUT2D eigenvalue weighted by Gasteiger charge is 2.52. The first-order valence-electron chi connectivity index (χ1n) is 19.4. The van der Waals surface area contributed by atoms with Crippen LogP contribution in [0, 0.1) is 12.7 Å². The van der Waals surface area contributed by atoms with E-state index in [-0.39, 0.29) is 24.8 Å². The van der Waals surface area contributed by atoms with Gasteiger partial charge < -0.3 is 33.0 Å². The largest absolute Gasteiger partial charge is 0.498 e. The fourth-order valence-electron chi connectivity index (χ4n) is 5.28. The second-order valence-electron chi connectivity index (χ2n) is 14.5. The van der Waals surface area contributed by atoms with E-state index in [0.717, 1.165) is 46.1 Å². The van der Waals surface area contributed by atoms with Gasteiger partial charge in [0.1, 0.15) is 17.7 Å². The summed E-state index contributed by atoms with van der Waals surface area (Å²) in [4.78, 5) is 4.41. The number of halogens is 5. The molecule has 1 aromatic carbocycles. The van der Waals surface area contributed by atoms with Crippen LogP contribution in [-0.4, -0.2) is 113 Å². The molecule has 1 aliphatic heterocycles. The summed E-state index contributed by atoms with van der Waals surface area (Å²) in [7, 11) is 6.35. The van der Waals surface area contributed by atoms with Gasteiger partial charge in [-0.25, -0.2) is 4.39 Å². The van der Waals surface area contributed by atoms with Crippen molar-refractivity contribution < 1.29 is 38.8 Å². The molecule has 6 rings (SSSR count). The molecule has 61 heavy (non-hydrogen) atoms. The van der Waals surface area contributed by atoms with Gasteiger partial charge in [0.25, 0.3) is 0 Å². The van der Waals surface area contributed by atoms with Crippen molar-refractivity contribution in [2.24, 2.45) is 0 Å². The SMILES string of the molecule is COCCBr.COCCn1cc(-c2cnc(C)c(OC(C)c3c(Cl)ccc(F)c3Cl)c2)cn1.COCCn1cc(B2OC(C)(C)C(C)(C)O2)cn1.COCCn1cc(Br)cn1.[2HH]. The van der Waals surface area contributed by atoms with Crippen molar-refractivity contribution >= 4 is 67.6 Å². The Hall–Kier alpha value is -2.91. The number of methoxy groups -OCH3 is 4. The number of benzene rings is 1. The molecule has 0 saturated carbocycles. The Morgan fingerprint density at radius 2 is 1.33 bits per heavy atom. The number of hydrogen-bond acceptors (Lipinski definition) is 11. The highest BCUT2D eigenvalue weighted by Crippen LogP contribution is 2.37. The van der Waals surface area contributed by atoms with Crippen LogP contribution in [-0.2, 0) is 47.9 Å². The van der Waals surface area contributed by atoms with Crippen LogP contribution in [0.15, 0.2) is 66.0 Å². The van der Waals surface area contributed by atoms with E-state index >= 15 is 0 Å². The second-order valence-corrected chi connectivity index (χ2v) is 17.0. The third-order valence-electron chi connectivity index (χ3n) is 9.43. The highest BCUT2D eigenvalue weighted by atomic mass is 79.9. The summed E-state index contributed by atoms with van der Waals surface area (Å²) >= 11 is 18.8. The maximum absolute atomic E-state index is 13.8. The van der Waals surface area contributed by atoms with Gasteiger partial charge in [-0.1, -0.05) is 39.1 Å². The van der Waals surface area contributed by atoms with Gasteiger partial charge in [-0.2, -0.15) is 15.3 Å². The van der Waals surface area contributed by atoms with Crippen molar-refractivity contribution in [1.82, 2.24) is 34.3 Å². The minimum Gasteiger partial charge on any atom is -0.484 e. The standard InChI is InChI=1S/C20H20Cl2FN3O2.C12H21BN2O3.C6H9BrN2O.C3H7BrO.H2/c1-12-18(28-13(2)19-16(21)4-5-17(23)20(19)22)8-14(9-24-12)15-10-25-26(11-15)6-7-27-3;1-11(2)12(3,4)18-13(17-11)10-8-14-15(9-10)6-7-16-5;1-10-3-2-9-5-6(7)4-8-9;1-5-3-2-4;/h4-5,8-11,13H,6-7H2,1-3H3;8-9H,6-7H2,1-5H3;4-5H,2-3H2,1H3;2-3H2,1H3;1H/i;;;;1+1. The zero-order chi connectivity index (χ0) is 45.2. The normalized spacial score (nSPS) is 14.3. The third-order valence-corrected chi connectivity index (χ3v) is 10.9. The maximum atomic E-state index is 13.8. The Labute approximate surface area is 387 Å². The average Bonchev–Trinajstić information content (AvgIpc) is 4.03. The summed E-state index contributed by atoms with van der Waals surface area (Å²) in [5.74, 6) is 0.0228. The van der Waals surface area contributed by atoms with Gasteiger partial charge in [0.15, 0.2) is 0 Å². The number of aryl methyl sites for hydroxylation is 1. The van der Waals surface area contributed by atoms with E-state index in [0.29, 0.717) is 48.4 Å². The molecule has 1 atom stereocenters. The van der Waals surface area contributed by atoms with Crippen LogP contribution in [0.3, 0.4) is 0 Å². The molecule has 1 aliphatic rings. The van der Waals surface area contributed by atoms with Crippen molar-refractivity contribution in [2.45, 2.75) is 78.5 Å². The Morgan fingerprint density at radius 1 is 0.787 bits per heavy atom. The lowest BCUT2D eigenvalue weighted by Gasteiger charge is -2.32. The van der Waals surface area contributed by atoms with Crippen molar-refractivity contribution in [1.29, 1.82) is 0 Å². The van der Waals surface area contributed by atoms with E-state index in [1.54, 1.807) is 64.8 Å². The van der Waals surface area contributed by atoms with Crippen LogP contribution < -0.4 is 10.2 Å². The first-order valence-corrected chi connectivity index (χ1v) is 22.0. The molecular weight excluding hydrogens is 963 g/mol. The minimum absolute atomic E-state index is 0. The Kier molecular flexibility index (Phi) is 22.4. The second kappa shape index (κ2) is 26.0. The van der Waals surface area contributed by atoms with Crippen LogP contribution in [0.5, 0.6) is 5.75 Å².